The first-order valence-corrected chi connectivity index (χ1v) is 8.39. The lowest BCUT2D eigenvalue weighted by Gasteiger charge is -2.38. The predicted octanol–water partition coefficient (Wildman–Crippen LogP) is 4.00. The standard InChI is InChI=1S/C16H25BrN2O2.2ClH/c1-4-11(2)15(19-7-5-18-6-8-19)12-9-13(17)16(20)14(10-12)21-3;;/h9-11,15,18,20H,4-8H2,1-3H3;2*1H/t11?,15-;;/m0../s1. The van der Waals surface area contributed by atoms with E-state index in [4.69, 9.17) is 4.74 Å². The molecule has 23 heavy (non-hydrogen) atoms. The number of halogens is 3. The van der Waals surface area contributed by atoms with Crippen LogP contribution in [0.25, 0.3) is 0 Å². The number of hydrogen-bond acceptors (Lipinski definition) is 4. The fraction of sp³-hybridized carbons (Fsp3) is 0.625. The quantitative estimate of drug-likeness (QED) is 0.742. The van der Waals surface area contributed by atoms with E-state index < -0.39 is 0 Å². The summed E-state index contributed by atoms with van der Waals surface area (Å²) in [7, 11) is 1.59. The number of ether oxygens (including phenoxy) is 1. The maximum absolute atomic E-state index is 10.0. The van der Waals surface area contributed by atoms with Crippen molar-refractivity contribution in [2.75, 3.05) is 33.3 Å². The van der Waals surface area contributed by atoms with Crippen molar-refractivity contribution in [1.82, 2.24) is 10.2 Å². The van der Waals surface area contributed by atoms with Gasteiger partial charge < -0.3 is 15.2 Å². The molecule has 0 radical (unpaired) electrons. The molecule has 0 bridgehead atoms. The smallest absolute Gasteiger partial charge is 0.172 e. The zero-order valence-corrected chi connectivity index (χ0v) is 17.1. The average Bonchev–Trinajstić information content (AvgIpc) is 2.51. The number of phenols is 1. The van der Waals surface area contributed by atoms with E-state index >= 15 is 0 Å². The summed E-state index contributed by atoms with van der Waals surface area (Å²) in [5, 5.41) is 13.4. The number of piperazine rings is 1. The number of aromatic hydroxyl groups is 1. The molecule has 1 heterocycles. The first kappa shape index (κ1) is 22.8. The van der Waals surface area contributed by atoms with Gasteiger partial charge in [0.15, 0.2) is 11.5 Å². The Bertz CT molecular complexity index is 485. The fourth-order valence-corrected chi connectivity index (χ4v) is 3.46. The van der Waals surface area contributed by atoms with Crippen LogP contribution < -0.4 is 10.1 Å². The molecular formula is C16H27BrCl2N2O2. The minimum Gasteiger partial charge on any atom is -0.503 e. The second-order valence-corrected chi connectivity index (χ2v) is 6.52. The Labute approximate surface area is 159 Å². The summed E-state index contributed by atoms with van der Waals surface area (Å²) >= 11 is 3.44. The molecule has 1 aliphatic heterocycles. The van der Waals surface area contributed by atoms with Crippen LogP contribution in [-0.4, -0.2) is 43.3 Å². The molecule has 1 aromatic rings. The highest BCUT2D eigenvalue weighted by atomic mass is 79.9. The molecule has 1 aliphatic rings. The molecule has 1 fully saturated rings. The molecular weight excluding hydrogens is 403 g/mol. The number of rotatable bonds is 5. The number of phenolic OH excluding ortho intramolecular Hbond substituents is 1. The Morgan fingerprint density at radius 2 is 1.91 bits per heavy atom. The Balaban J connectivity index is 0.00000242. The first-order chi connectivity index (χ1) is 10.1. The summed E-state index contributed by atoms with van der Waals surface area (Å²) in [6, 6.07) is 4.35. The number of methoxy groups -OCH3 is 1. The van der Waals surface area contributed by atoms with Crippen molar-refractivity contribution in [2.24, 2.45) is 5.92 Å². The van der Waals surface area contributed by atoms with Gasteiger partial charge in [0.25, 0.3) is 0 Å². The topological polar surface area (TPSA) is 44.7 Å². The van der Waals surface area contributed by atoms with E-state index in [0.29, 0.717) is 22.2 Å². The molecule has 1 saturated heterocycles. The highest BCUT2D eigenvalue weighted by Gasteiger charge is 2.27. The van der Waals surface area contributed by atoms with Crippen LogP contribution in [0.15, 0.2) is 16.6 Å². The van der Waals surface area contributed by atoms with Crippen molar-refractivity contribution in [2.45, 2.75) is 26.3 Å². The number of nitrogens with one attached hydrogen (secondary N) is 1. The summed E-state index contributed by atoms with van der Waals surface area (Å²) in [5.41, 5.74) is 1.20. The second-order valence-electron chi connectivity index (χ2n) is 5.67. The molecule has 1 aromatic carbocycles. The molecule has 1 unspecified atom stereocenters. The van der Waals surface area contributed by atoms with Gasteiger partial charge in [-0.2, -0.15) is 0 Å². The Morgan fingerprint density at radius 3 is 2.43 bits per heavy atom. The summed E-state index contributed by atoms with van der Waals surface area (Å²) in [4.78, 5) is 2.53. The second kappa shape index (κ2) is 10.6. The lowest BCUT2D eigenvalue weighted by atomic mass is 9.90. The van der Waals surface area contributed by atoms with Gasteiger partial charge in [0.1, 0.15) is 0 Å². The van der Waals surface area contributed by atoms with Gasteiger partial charge in [-0.25, -0.2) is 0 Å². The molecule has 0 amide bonds. The molecule has 0 aliphatic carbocycles. The number of benzene rings is 1. The molecule has 2 atom stereocenters. The van der Waals surface area contributed by atoms with Crippen LogP contribution in [-0.2, 0) is 0 Å². The molecule has 7 heteroatoms. The van der Waals surface area contributed by atoms with Crippen LogP contribution in [0.4, 0.5) is 0 Å². The van der Waals surface area contributed by atoms with E-state index in [2.05, 4.69) is 40.0 Å². The van der Waals surface area contributed by atoms with Crippen molar-refractivity contribution in [3.05, 3.63) is 22.2 Å². The Kier molecular flexibility index (Phi) is 10.5. The van der Waals surface area contributed by atoms with Gasteiger partial charge in [0.2, 0.25) is 0 Å². The largest absolute Gasteiger partial charge is 0.503 e. The van der Waals surface area contributed by atoms with Crippen LogP contribution in [0.5, 0.6) is 11.5 Å². The third-order valence-corrected chi connectivity index (χ3v) is 4.94. The van der Waals surface area contributed by atoms with Gasteiger partial charge in [0, 0.05) is 32.2 Å². The van der Waals surface area contributed by atoms with Gasteiger partial charge in [0.05, 0.1) is 11.6 Å². The highest BCUT2D eigenvalue weighted by molar-refractivity contribution is 9.10. The summed E-state index contributed by atoms with van der Waals surface area (Å²) in [5.74, 6) is 1.25. The van der Waals surface area contributed by atoms with E-state index in [1.807, 2.05) is 12.1 Å². The van der Waals surface area contributed by atoms with Crippen molar-refractivity contribution < 1.29 is 9.84 Å². The minimum atomic E-state index is 0. The molecule has 2 rings (SSSR count). The van der Waals surface area contributed by atoms with Crippen LogP contribution in [0.2, 0.25) is 0 Å². The van der Waals surface area contributed by atoms with E-state index in [9.17, 15) is 5.11 Å². The van der Waals surface area contributed by atoms with Gasteiger partial charge >= 0.3 is 0 Å². The monoisotopic (exact) mass is 428 g/mol. The maximum Gasteiger partial charge on any atom is 0.172 e. The van der Waals surface area contributed by atoms with Gasteiger partial charge in [-0.15, -0.1) is 24.8 Å². The molecule has 0 spiro atoms. The van der Waals surface area contributed by atoms with Crippen LogP contribution >= 0.6 is 40.7 Å². The van der Waals surface area contributed by atoms with E-state index in [1.165, 1.54) is 5.56 Å². The van der Waals surface area contributed by atoms with Crippen molar-refractivity contribution in [3.63, 3.8) is 0 Å². The van der Waals surface area contributed by atoms with Gasteiger partial charge in [-0.3, -0.25) is 4.90 Å². The maximum atomic E-state index is 10.0. The lowest BCUT2D eigenvalue weighted by Crippen LogP contribution is -2.46. The van der Waals surface area contributed by atoms with Crippen LogP contribution in [0.3, 0.4) is 0 Å². The van der Waals surface area contributed by atoms with Crippen molar-refractivity contribution in [3.8, 4) is 11.5 Å². The fourth-order valence-electron chi connectivity index (χ4n) is 3.00. The third-order valence-electron chi connectivity index (χ3n) is 4.34. The zero-order valence-electron chi connectivity index (χ0n) is 13.8. The van der Waals surface area contributed by atoms with Crippen molar-refractivity contribution >= 4 is 40.7 Å². The minimum absolute atomic E-state index is 0. The molecule has 2 N–H and O–H groups in total. The number of hydrogen-bond donors (Lipinski definition) is 2. The Morgan fingerprint density at radius 1 is 1.30 bits per heavy atom. The van der Waals surface area contributed by atoms with E-state index in [-0.39, 0.29) is 30.6 Å². The number of nitrogens with zero attached hydrogens (tertiary/aromatic N) is 1. The third kappa shape index (κ3) is 5.40. The average molecular weight is 430 g/mol. The van der Waals surface area contributed by atoms with Crippen molar-refractivity contribution in [1.29, 1.82) is 0 Å². The molecule has 4 nitrogen and oxygen atoms in total. The van der Waals surface area contributed by atoms with Gasteiger partial charge in [-0.1, -0.05) is 20.3 Å². The highest BCUT2D eigenvalue weighted by Crippen LogP contribution is 2.40. The SMILES string of the molecule is CCC(C)[C@@H](c1cc(Br)c(O)c(OC)c1)N1CCNCC1.Cl.Cl. The molecule has 0 aromatic heterocycles. The molecule has 0 saturated carbocycles. The predicted molar refractivity (Wildman–Crippen MR) is 103 cm³/mol. The summed E-state index contributed by atoms with van der Waals surface area (Å²) in [6.45, 7) is 8.69. The lowest BCUT2D eigenvalue weighted by molar-refractivity contribution is 0.128. The summed E-state index contributed by atoms with van der Waals surface area (Å²) < 4.78 is 6.00. The summed E-state index contributed by atoms with van der Waals surface area (Å²) in [6.07, 6.45) is 1.12. The van der Waals surface area contributed by atoms with E-state index in [0.717, 1.165) is 32.6 Å². The molecule has 134 valence electrons. The first-order valence-electron chi connectivity index (χ1n) is 7.59. The zero-order chi connectivity index (χ0) is 15.4. The normalized spacial score (nSPS) is 17.6. The van der Waals surface area contributed by atoms with E-state index in [1.54, 1.807) is 7.11 Å². The Hall–Kier alpha value is -0.200. The van der Waals surface area contributed by atoms with Crippen LogP contribution in [0, 0.1) is 5.92 Å². The van der Waals surface area contributed by atoms with Gasteiger partial charge in [-0.05, 0) is 39.5 Å². The van der Waals surface area contributed by atoms with Crippen LogP contribution in [0.1, 0.15) is 31.9 Å².